The van der Waals surface area contributed by atoms with Gasteiger partial charge in [-0.3, -0.25) is 4.57 Å². The number of thioether (sulfide) groups is 1. The largest absolute Gasteiger partial charge is 0.396 e. The second-order valence-corrected chi connectivity index (χ2v) is 6.99. The lowest BCUT2D eigenvalue weighted by molar-refractivity contribution is 0.296. The van der Waals surface area contributed by atoms with Crippen molar-refractivity contribution in [3.63, 3.8) is 0 Å². The van der Waals surface area contributed by atoms with Gasteiger partial charge in [0.05, 0.1) is 5.02 Å². The van der Waals surface area contributed by atoms with Crippen molar-refractivity contribution < 1.29 is 5.11 Å². The molecular weight excluding hydrogens is 318 g/mol. The summed E-state index contributed by atoms with van der Waals surface area (Å²) in [6.45, 7) is 0.210. The van der Waals surface area contributed by atoms with Gasteiger partial charge in [0.15, 0.2) is 11.0 Å². The first-order chi connectivity index (χ1) is 10.8. The molecule has 2 aromatic rings. The third kappa shape index (κ3) is 3.31. The van der Waals surface area contributed by atoms with Gasteiger partial charge < -0.3 is 5.11 Å². The van der Waals surface area contributed by atoms with E-state index in [1.54, 1.807) is 11.8 Å². The van der Waals surface area contributed by atoms with Crippen LogP contribution in [0.3, 0.4) is 0 Å². The summed E-state index contributed by atoms with van der Waals surface area (Å²) >= 11 is 8.02. The van der Waals surface area contributed by atoms with E-state index in [9.17, 15) is 0 Å². The van der Waals surface area contributed by atoms with Crippen LogP contribution < -0.4 is 0 Å². The highest BCUT2D eigenvalue weighted by molar-refractivity contribution is 7.99. The first-order valence-corrected chi connectivity index (χ1v) is 9.11. The number of halogens is 1. The second-order valence-electron chi connectivity index (χ2n) is 5.52. The number of hydrogen-bond donors (Lipinski definition) is 1. The summed E-state index contributed by atoms with van der Waals surface area (Å²) in [4.78, 5) is 0. The Hall–Kier alpha value is -1.04. The lowest BCUT2D eigenvalue weighted by Gasteiger charge is -2.17. The van der Waals surface area contributed by atoms with Gasteiger partial charge in [-0.1, -0.05) is 48.3 Å². The third-order valence-corrected chi connectivity index (χ3v) is 5.36. The predicted molar refractivity (Wildman–Crippen MR) is 90.4 cm³/mol. The molecule has 118 valence electrons. The zero-order chi connectivity index (χ0) is 15.4. The Kier molecular flexibility index (Phi) is 5.39. The molecule has 0 saturated heterocycles. The van der Waals surface area contributed by atoms with Crippen LogP contribution in [0.15, 0.2) is 29.4 Å². The highest BCUT2D eigenvalue weighted by atomic mass is 35.5. The lowest BCUT2D eigenvalue weighted by atomic mass is 10.2. The van der Waals surface area contributed by atoms with Gasteiger partial charge in [0.1, 0.15) is 0 Å². The van der Waals surface area contributed by atoms with Crippen LogP contribution >= 0.6 is 23.4 Å². The molecule has 1 aromatic heterocycles. The molecule has 1 N–H and O–H groups in total. The summed E-state index contributed by atoms with van der Waals surface area (Å²) < 4.78 is 2.26. The van der Waals surface area contributed by atoms with Crippen molar-refractivity contribution >= 4 is 23.4 Å². The molecule has 0 bridgehead atoms. The molecule has 0 atom stereocenters. The Balaban J connectivity index is 1.97. The normalized spacial score (nSPS) is 15.5. The first kappa shape index (κ1) is 15.8. The molecule has 0 spiro atoms. The number of nitrogens with zero attached hydrogens (tertiary/aromatic N) is 3. The molecule has 3 rings (SSSR count). The lowest BCUT2D eigenvalue weighted by Crippen LogP contribution is -2.08. The van der Waals surface area contributed by atoms with Crippen LogP contribution in [0.4, 0.5) is 0 Å². The summed E-state index contributed by atoms with van der Waals surface area (Å²) in [5.41, 5.74) is 0.942. The van der Waals surface area contributed by atoms with E-state index in [1.165, 1.54) is 25.7 Å². The Morgan fingerprint density at radius 3 is 2.73 bits per heavy atom. The van der Waals surface area contributed by atoms with Crippen molar-refractivity contribution in [2.24, 2.45) is 0 Å². The van der Waals surface area contributed by atoms with E-state index in [-0.39, 0.29) is 6.61 Å². The molecule has 0 radical (unpaired) electrons. The van der Waals surface area contributed by atoms with Crippen LogP contribution in [0.1, 0.15) is 38.1 Å². The zero-order valence-electron chi connectivity index (χ0n) is 12.4. The Morgan fingerprint density at radius 1 is 1.23 bits per heavy atom. The van der Waals surface area contributed by atoms with Crippen LogP contribution in [0, 0.1) is 0 Å². The Bertz CT molecular complexity index is 626. The molecule has 1 saturated carbocycles. The maximum absolute atomic E-state index is 8.97. The van der Waals surface area contributed by atoms with Gasteiger partial charge in [-0.2, -0.15) is 0 Å². The molecule has 1 fully saturated rings. The van der Waals surface area contributed by atoms with Crippen LogP contribution in [0.25, 0.3) is 11.4 Å². The first-order valence-electron chi connectivity index (χ1n) is 7.74. The number of aromatic nitrogens is 3. The van der Waals surface area contributed by atoms with Gasteiger partial charge in [-0.25, -0.2) is 0 Å². The topological polar surface area (TPSA) is 50.9 Å². The molecule has 1 aliphatic carbocycles. The minimum atomic E-state index is 0.210. The monoisotopic (exact) mass is 337 g/mol. The minimum Gasteiger partial charge on any atom is -0.396 e. The standard InChI is InChI=1S/C16H20ClN3OS/c17-14-9-4-3-8-13(14)15-18-19-16(22-11-5-10-21)20(15)12-6-1-2-7-12/h3-4,8-9,12,21H,1-2,5-7,10-11H2. The van der Waals surface area contributed by atoms with Crippen LogP contribution in [-0.2, 0) is 0 Å². The number of aliphatic hydroxyl groups is 1. The fraction of sp³-hybridized carbons (Fsp3) is 0.500. The summed E-state index contributed by atoms with van der Waals surface area (Å²) in [6, 6.07) is 8.26. The predicted octanol–water partition coefficient (Wildman–Crippen LogP) is 4.19. The molecule has 1 heterocycles. The van der Waals surface area contributed by atoms with Crippen LogP contribution in [0.2, 0.25) is 5.02 Å². The molecule has 1 aliphatic rings. The van der Waals surface area contributed by atoms with Gasteiger partial charge in [-0.15, -0.1) is 10.2 Å². The van der Waals surface area contributed by atoms with Crippen molar-refractivity contribution in [1.29, 1.82) is 0 Å². The van der Waals surface area contributed by atoms with Crippen molar-refractivity contribution in [3.05, 3.63) is 29.3 Å². The average molecular weight is 338 g/mol. The van der Waals surface area contributed by atoms with Gasteiger partial charge in [0, 0.05) is 24.0 Å². The summed E-state index contributed by atoms with van der Waals surface area (Å²) in [5.74, 6) is 1.72. The molecule has 6 heteroatoms. The molecule has 1 aromatic carbocycles. The van der Waals surface area contributed by atoms with E-state index in [0.717, 1.165) is 28.7 Å². The third-order valence-electron chi connectivity index (χ3n) is 4.00. The van der Waals surface area contributed by atoms with Crippen LogP contribution in [-0.4, -0.2) is 32.2 Å². The number of rotatable bonds is 6. The second kappa shape index (κ2) is 7.49. The van der Waals surface area contributed by atoms with E-state index >= 15 is 0 Å². The van der Waals surface area contributed by atoms with E-state index in [2.05, 4.69) is 14.8 Å². The zero-order valence-corrected chi connectivity index (χ0v) is 14.0. The van der Waals surface area contributed by atoms with Gasteiger partial charge in [0.2, 0.25) is 0 Å². The van der Waals surface area contributed by atoms with Gasteiger partial charge in [0.25, 0.3) is 0 Å². The quantitative estimate of drug-likeness (QED) is 0.634. The smallest absolute Gasteiger partial charge is 0.191 e. The van der Waals surface area contributed by atoms with Crippen molar-refractivity contribution in [2.45, 2.75) is 43.3 Å². The fourth-order valence-electron chi connectivity index (χ4n) is 2.92. The van der Waals surface area contributed by atoms with Crippen molar-refractivity contribution in [1.82, 2.24) is 14.8 Å². The van der Waals surface area contributed by atoms with Crippen molar-refractivity contribution in [3.8, 4) is 11.4 Å². The van der Waals surface area contributed by atoms with Crippen molar-refractivity contribution in [2.75, 3.05) is 12.4 Å². The maximum Gasteiger partial charge on any atom is 0.191 e. The van der Waals surface area contributed by atoms with E-state index < -0.39 is 0 Å². The number of hydrogen-bond acceptors (Lipinski definition) is 4. The van der Waals surface area contributed by atoms with E-state index in [0.29, 0.717) is 11.1 Å². The molecule has 0 aliphatic heterocycles. The summed E-state index contributed by atoms with van der Waals surface area (Å²) in [5, 5.41) is 19.4. The average Bonchev–Trinajstić information content (AvgIpc) is 3.17. The highest BCUT2D eigenvalue weighted by Gasteiger charge is 2.25. The summed E-state index contributed by atoms with van der Waals surface area (Å²) in [7, 11) is 0. The SMILES string of the molecule is OCCCSc1nnc(-c2ccccc2Cl)n1C1CCCC1. The van der Waals surface area contributed by atoms with E-state index in [1.807, 2.05) is 24.3 Å². The summed E-state index contributed by atoms with van der Waals surface area (Å²) in [6.07, 6.45) is 5.62. The molecule has 22 heavy (non-hydrogen) atoms. The minimum absolute atomic E-state index is 0.210. The van der Waals surface area contributed by atoms with E-state index in [4.69, 9.17) is 16.7 Å². The van der Waals surface area contributed by atoms with Gasteiger partial charge >= 0.3 is 0 Å². The van der Waals surface area contributed by atoms with Gasteiger partial charge in [-0.05, 0) is 31.4 Å². The maximum atomic E-state index is 8.97. The van der Waals surface area contributed by atoms with Crippen LogP contribution in [0.5, 0.6) is 0 Å². The highest BCUT2D eigenvalue weighted by Crippen LogP contribution is 2.38. The Labute approximate surface area is 139 Å². The number of aliphatic hydroxyl groups excluding tert-OH is 1. The fourth-order valence-corrected chi connectivity index (χ4v) is 4.07. The molecule has 0 amide bonds. The Morgan fingerprint density at radius 2 is 2.00 bits per heavy atom. The molecular formula is C16H20ClN3OS. The number of benzene rings is 1. The molecule has 0 unspecified atom stereocenters. The molecule has 4 nitrogen and oxygen atoms in total.